The number of benzene rings is 4. The van der Waals surface area contributed by atoms with Crippen molar-refractivity contribution in [3.05, 3.63) is 145 Å². The lowest BCUT2D eigenvalue weighted by Gasteiger charge is -2.26. The van der Waals surface area contributed by atoms with Gasteiger partial charge in [-0.25, -0.2) is 19.2 Å². The van der Waals surface area contributed by atoms with Crippen LogP contribution >= 0.6 is 0 Å². The lowest BCUT2D eigenvalue weighted by molar-refractivity contribution is -0.129. The van der Waals surface area contributed by atoms with Gasteiger partial charge in [0.15, 0.2) is 0 Å². The Morgan fingerprint density at radius 2 is 0.767 bits per heavy atom. The minimum atomic E-state index is -0.591. The molecule has 0 bridgehead atoms. The van der Waals surface area contributed by atoms with Crippen molar-refractivity contribution in [2.75, 3.05) is 0 Å². The van der Waals surface area contributed by atoms with Crippen LogP contribution in [0.5, 0.6) is 23.0 Å². The van der Waals surface area contributed by atoms with Crippen LogP contribution in [-0.4, -0.2) is 23.9 Å². The molecule has 8 heteroatoms. The first-order chi connectivity index (χ1) is 20.6. The molecule has 0 aliphatic carbocycles. The van der Waals surface area contributed by atoms with Crippen LogP contribution < -0.4 is 18.9 Å². The van der Waals surface area contributed by atoms with E-state index in [1.807, 2.05) is 24.3 Å². The van der Waals surface area contributed by atoms with Crippen LogP contribution in [0, 0.1) is 0 Å². The maximum Gasteiger partial charge on any atom is 0.343 e. The van der Waals surface area contributed by atoms with E-state index in [0.717, 1.165) is 23.3 Å². The van der Waals surface area contributed by atoms with E-state index in [9.17, 15) is 19.2 Å². The van der Waals surface area contributed by atoms with Crippen LogP contribution in [-0.2, 0) is 15.0 Å². The predicted molar refractivity (Wildman–Crippen MR) is 159 cm³/mol. The van der Waals surface area contributed by atoms with E-state index in [0.29, 0.717) is 34.1 Å². The zero-order valence-electron chi connectivity index (χ0n) is 23.6. The van der Waals surface area contributed by atoms with Gasteiger partial charge in [-0.3, -0.25) is 0 Å². The summed E-state index contributed by atoms with van der Waals surface area (Å²) < 4.78 is 21.0. The molecular formula is C35H28O8. The molecule has 0 aromatic heterocycles. The fraction of sp³-hybridized carbons (Fsp3) is 0.0857. The minimum Gasteiger partial charge on any atom is -0.423 e. The Balaban J connectivity index is 1.36. The summed E-state index contributed by atoms with van der Waals surface area (Å²) in [7, 11) is 0. The number of hydrogen-bond donors (Lipinski definition) is 0. The monoisotopic (exact) mass is 576 g/mol. The first-order valence-corrected chi connectivity index (χ1v) is 13.1. The highest BCUT2D eigenvalue weighted by atomic mass is 16.5. The lowest BCUT2D eigenvalue weighted by atomic mass is 9.78. The van der Waals surface area contributed by atoms with E-state index in [4.69, 9.17) is 18.9 Å². The number of hydrogen-bond acceptors (Lipinski definition) is 8. The number of carbonyl (C=O) groups excluding carboxylic acids is 4. The average Bonchev–Trinajstić information content (AvgIpc) is 3.02. The van der Waals surface area contributed by atoms with E-state index >= 15 is 0 Å². The topological polar surface area (TPSA) is 105 Å². The van der Waals surface area contributed by atoms with Gasteiger partial charge in [0.2, 0.25) is 0 Å². The van der Waals surface area contributed by atoms with Crippen molar-refractivity contribution in [2.24, 2.45) is 0 Å². The standard InChI is InChI=1S/C35H28O8/c1-5-31(36)40-27-15-7-23(8-16-27)33(38)42-29-19-11-25(12-20-29)35(3,4)26-13-21-30(22-14-26)43-34(39)24-9-17-28(18-10-24)41-32(37)6-2/h5-22H,1-2H2,3-4H3. The first kappa shape index (κ1) is 30.2. The van der Waals surface area contributed by atoms with Crippen LogP contribution in [0.25, 0.3) is 0 Å². The third kappa shape index (κ3) is 7.71. The largest absolute Gasteiger partial charge is 0.423 e. The summed E-state index contributed by atoms with van der Waals surface area (Å²) in [5.41, 5.74) is 2.14. The molecule has 0 spiro atoms. The van der Waals surface area contributed by atoms with Gasteiger partial charge < -0.3 is 18.9 Å². The van der Waals surface area contributed by atoms with Crippen LogP contribution in [0.15, 0.2) is 122 Å². The Labute approximate surface area is 248 Å². The molecule has 8 nitrogen and oxygen atoms in total. The fourth-order valence-electron chi connectivity index (χ4n) is 4.01. The maximum atomic E-state index is 12.6. The molecule has 0 atom stereocenters. The smallest absolute Gasteiger partial charge is 0.343 e. The summed E-state index contributed by atoms with van der Waals surface area (Å²) in [6.45, 7) is 10.8. The molecule has 0 unspecified atom stereocenters. The molecule has 0 aliphatic rings. The number of esters is 4. The van der Waals surface area contributed by atoms with E-state index < -0.39 is 29.3 Å². The molecule has 0 radical (unpaired) electrons. The molecule has 4 aromatic rings. The van der Waals surface area contributed by atoms with Crippen molar-refractivity contribution in [2.45, 2.75) is 19.3 Å². The van der Waals surface area contributed by atoms with Crippen molar-refractivity contribution in [1.82, 2.24) is 0 Å². The fourth-order valence-corrected chi connectivity index (χ4v) is 4.01. The second-order valence-corrected chi connectivity index (χ2v) is 9.75. The minimum absolute atomic E-state index is 0.291. The quantitative estimate of drug-likeness (QED) is 0.118. The van der Waals surface area contributed by atoms with Crippen molar-refractivity contribution >= 4 is 23.9 Å². The Hall–Kier alpha value is -5.76. The van der Waals surface area contributed by atoms with Crippen molar-refractivity contribution in [1.29, 1.82) is 0 Å². The Morgan fingerprint density at radius 1 is 0.488 bits per heavy atom. The maximum absolute atomic E-state index is 12.6. The zero-order chi connectivity index (χ0) is 31.0. The molecule has 0 saturated carbocycles. The van der Waals surface area contributed by atoms with E-state index in [1.165, 1.54) is 48.5 Å². The summed E-state index contributed by atoms with van der Waals surface area (Å²) in [4.78, 5) is 47.8. The Bertz CT molecular complexity index is 1520. The molecule has 216 valence electrons. The van der Waals surface area contributed by atoms with Crippen LogP contribution in [0.1, 0.15) is 45.7 Å². The van der Waals surface area contributed by atoms with Crippen LogP contribution in [0.3, 0.4) is 0 Å². The zero-order valence-corrected chi connectivity index (χ0v) is 23.6. The van der Waals surface area contributed by atoms with E-state index in [-0.39, 0.29) is 0 Å². The molecular weight excluding hydrogens is 548 g/mol. The number of rotatable bonds is 10. The molecule has 0 fully saturated rings. The number of carbonyl (C=O) groups is 4. The van der Waals surface area contributed by atoms with Gasteiger partial charge in [0, 0.05) is 17.6 Å². The molecule has 0 amide bonds. The molecule has 4 rings (SSSR count). The van der Waals surface area contributed by atoms with Crippen LogP contribution in [0.4, 0.5) is 0 Å². The lowest BCUT2D eigenvalue weighted by Crippen LogP contribution is -2.19. The number of ether oxygens (including phenoxy) is 4. The molecule has 0 saturated heterocycles. The molecule has 43 heavy (non-hydrogen) atoms. The van der Waals surface area contributed by atoms with Gasteiger partial charge in [0.1, 0.15) is 23.0 Å². The molecule has 0 N–H and O–H groups in total. The van der Waals surface area contributed by atoms with Gasteiger partial charge in [-0.1, -0.05) is 51.3 Å². The summed E-state index contributed by atoms with van der Waals surface area (Å²) in [6, 6.07) is 26.4. The summed E-state index contributed by atoms with van der Waals surface area (Å²) in [5.74, 6) is -0.948. The van der Waals surface area contributed by atoms with Crippen molar-refractivity contribution in [3.8, 4) is 23.0 Å². The molecule has 0 aliphatic heterocycles. The SMILES string of the molecule is C=CC(=O)Oc1ccc(C(=O)Oc2ccc(C(C)(C)c3ccc(OC(=O)c4ccc(OC(=O)C=C)cc4)cc3)cc2)cc1. The normalized spacial score (nSPS) is 10.7. The van der Waals surface area contributed by atoms with Crippen molar-refractivity contribution in [3.63, 3.8) is 0 Å². The highest BCUT2D eigenvalue weighted by Gasteiger charge is 2.24. The second kappa shape index (κ2) is 13.3. The first-order valence-electron chi connectivity index (χ1n) is 13.1. The third-order valence-corrected chi connectivity index (χ3v) is 6.52. The van der Waals surface area contributed by atoms with Crippen molar-refractivity contribution < 1.29 is 38.1 Å². The second-order valence-electron chi connectivity index (χ2n) is 9.75. The van der Waals surface area contributed by atoms with Gasteiger partial charge >= 0.3 is 23.9 Å². The van der Waals surface area contributed by atoms with Crippen LogP contribution in [0.2, 0.25) is 0 Å². The highest BCUT2D eigenvalue weighted by molar-refractivity contribution is 5.92. The summed E-state index contributed by atoms with van der Waals surface area (Å²) >= 11 is 0. The molecule has 4 aromatic carbocycles. The van der Waals surface area contributed by atoms with Gasteiger partial charge in [0.05, 0.1) is 11.1 Å². The Morgan fingerprint density at radius 3 is 1.07 bits per heavy atom. The average molecular weight is 577 g/mol. The highest BCUT2D eigenvalue weighted by Crippen LogP contribution is 2.33. The van der Waals surface area contributed by atoms with E-state index in [1.54, 1.807) is 24.3 Å². The summed E-state index contributed by atoms with van der Waals surface area (Å²) in [6.07, 6.45) is 2.10. The van der Waals surface area contributed by atoms with Gasteiger partial charge in [0.25, 0.3) is 0 Å². The van der Waals surface area contributed by atoms with Gasteiger partial charge in [-0.15, -0.1) is 0 Å². The van der Waals surface area contributed by atoms with Gasteiger partial charge in [-0.05, 0) is 83.9 Å². The van der Waals surface area contributed by atoms with E-state index in [2.05, 4.69) is 27.0 Å². The predicted octanol–water partition coefficient (Wildman–Crippen LogP) is 6.63. The molecule has 0 heterocycles. The summed E-state index contributed by atoms with van der Waals surface area (Å²) in [5, 5.41) is 0. The third-order valence-electron chi connectivity index (χ3n) is 6.52. The Kier molecular flexibility index (Phi) is 9.32. The van der Waals surface area contributed by atoms with Gasteiger partial charge in [-0.2, -0.15) is 0 Å².